The third-order valence-corrected chi connectivity index (χ3v) is 4.99. The van der Waals surface area contributed by atoms with Crippen molar-refractivity contribution in [3.8, 4) is 0 Å². The van der Waals surface area contributed by atoms with Gasteiger partial charge in [0.25, 0.3) is 11.5 Å². The second-order valence-corrected chi connectivity index (χ2v) is 7.53. The monoisotopic (exact) mass is 456 g/mol. The summed E-state index contributed by atoms with van der Waals surface area (Å²) in [5.41, 5.74) is 7.28. The molecule has 0 saturated carbocycles. The van der Waals surface area contributed by atoms with Gasteiger partial charge in [0.1, 0.15) is 17.4 Å². The standard InChI is InChI=1S/C21H24N6O6/c22-21-26-17-13(18(30)27-21)10-12(24-17)5-2-1-4-11-6-3-7-14(23-11)19(31)25-15(20(32)33)8-9-16(28)29/h3,6-7,10,15H,1-2,4-5,8-9H2,(H,25,31)(H,28,29)(H,32,33)(H4,22,24,26,27,30)/t15-/m0/s1. The normalized spacial score (nSPS) is 11.9. The number of nitrogens with zero attached hydrogens (tertiary/aromatic N) is 2. The van der Waals surface area contributed by atoms with Crippen LogP contribution in [0.25, 0.3) is 11.0 Å². The minimum Gasteiger partial charge on any atom is -0.481 e. The van der Waals surface area contributed by atoms with Crippen molar-refractivity contribution in [3.63, 3.8) is 0 Å². The predicted octanol–water partition coefficient (Wildman–Crippen LogP) is 0.842. The van der Waals surface area contributed by atoms with E-state index in [1.807, 2.05) is 0 Å². The average Bonchev–Trinajstić information content (AvgIpc) is 3.17. The number of hydrogen-bond acceptors (Lipinski definition) is 7. The molecule has 3 aromatic heterocycles. The van der Waals surface area contributed by atoms with Crippen molar-refractivity contribution in [3.05, 3.63) is 51.7 Å². The Kier molecular flexibility index (Phi) is 7.38. The summed E-state index contributed by atoms with van der Waals surface area (Å²) in [6, 6.07) is 5.32. The summed E-state index contributed by atoms with van der Waals surface area (Å²) in [6.07, 6.45) is 2.22. The molecule has 3 aromatic rings. The van der Waals surface area contributed by atoms with Gasteiger partial charge in [-0.25, -0.2) is 9.78 Å². The molecule has 0 bridgehead atoms. The van der Waals surface area contributed by atoms with Gasteiger partial charge in [0.2, 0.25) is 5.95 Å². The summed E-state index contributed by atoms with van der Waals surface area (Å²) >= 11 is 0. The van der Waals surface area contributed by atoms with E-state index in [4.69, 9.17) is 10.8 Å². The van der Waals surface area contributed by atoms with Gasteiger partial charge in [-0.2, -0.15) is 4.98 Å². The lowest BCUT2D eigenvalue weighted by Gasteiger charge is -2.13. The minimum absolute atomic E-state index is 0.0486. The zero-order chi connectivity index (χ0) is 24.0. The molecule has 0 aromatic carbocycles. The van der Waals surface area contributed by atoms with Gasteiger partial charge in [0.05, 0.1) is 5.39 Å². The van der Waals surface area contributed by atoms with Crippen LogP contribution < -0.4 is 16.6 Å². The molecule has 0 aliphatic heterocycles. The highest BCUT2D eigenvalue weighted by atomic mass is 16.4. The van der Waals surface area contributed by atoms with Gasteiger partial charge in [0.15, 0.2) is 0 Å². The molecular weight excluding hydrogens is 432 g/mol. The first-order chi connectivity index (χ1) is 15.7. The van der Waals surface area contributed by atoms with Crippen molar-refractivity contribution >= 4 is 34.8 Å². The molecule has 0 radical (unpaired) electrons. The lowest BCUT2D eigenvalue weighted by atomic mass is 10.1. The van der Waals surface area contributed by atoms with Gasteiger partial charge in [-0.1, -0.05) is 6.07 Å². The zero-order valence-electron chi connectivity index (χ0n) is 17.6. The number of carbonyl (C=O) groups is 3. The lowest BCUT2D eigenvalue weighted by Crippen LogP contribution is -2.41. The van der Waals surface area contributed by atoms with Crippen molar-refractivity contribution in [2.24, 2.45) is 0 Å². The summed E-state index contributed by atoms with van der Waals surface area (Å²) in [5, 5.41) is 20.7. The number of aliphatic carboxylic acids is 2. The summed E-state index contributed by atoms with van der Waals surface area (Å²) in [6.45, 7) is 0. The number of fused-ring (bicyclic) bond motifs is 1. The van der Waals surface area contributed by atoms with E-state index in [1.165, 1.54) is 6.07 Å². The number of nitrogen functional groups attached to an aromatic ring is 1. The number of aromatic nitrogens is 4. The molecule has 33 heavy (non-hydrogen) atoms. The van der Waals surface area contributed by atoms with E-state index in [0.717, 1.165) is 18.5 Å². The fourth-order valence-corrected chi connectivity index (χ4v) is 3.35. The van der Waals surface area contributed by atoms with Gasteiger partial charge < -0.3 is 26.2 Å². The Morgan fingerprint density at radius 1 is 1.09 bits per heavy atom. The first-order valence-electron chi connectivity index (χ1n) is 10.3. The first-order valence-corrected chi connectivity index (χ1v) is 10.3. The van der Waals surface area contributed by atoms with E-state index in [2.05, 4.69) is 25.3 Å². The molecule has 174 valence electrons. The number of amides is 1. The summed E-state index contributed by atoms with van der Waals surface area (Å²) in [7, 11) is 0. The van der Waals surface area contributed by atoms with E-state index in [-0.39, 0.29) is 30.0 Å². The van der Waals surface area contributed by atoms with E-state index < -0.39 is 23.9 Å². The van der Waals surface area contributed by atoms with E-state index in [0.29, 0.717) is 29.6 Å². The molecule has 0 fully saturated rings. The highest BCUT2D eigenvalue weighted by molar-refractivity contribution is 5.95. The number of aromatic amines is 2. The van der Waals surface area contributed by atoms with Crippen LogP contribution in [0, 0.1) is 0 Å². The lowest BCUT2D eigenvalue weighted by molar-refractivity contribution is -0.140. The number of unbranched alkanes of at least 4 members (excludes halogenated alkanes) is 1. The topological polar surface area (TPSA) is 204 Å². The summed E-state index contributed by atoms with van der Waals surface area (Å²) in [4.78, 5) is 60.1. The van der Waals surface area contributed by atoms with Crippen LogP contribution in [-0.2, 0) is 22.4 Å². The fraction of sp³-hybridized carbons (Fsp3) is 0.333. The first kappa shape index (κ1) is 23.4. The molecule has 3 rings (SSSR count). The Hall–Kier alpha value is -4.22. The molecule has 12 nitrogen and oxygen atoms in total. The number of nitrogens with one attached hydrogen (secondary N) is 3. The third-order valence-electron chi connectivity index (χ3n) is 4.99. The third kappa shape index (κ3) is 6.38. The van der Waals surface area contributed by atoms with Gasteiger partial charge in [-0.05, 0) is 50.3 Å². The highest BCUT2D eigenvalue weighted by Crippen LogP contribution is 2.13. The van der Waals surface area contributed by atoms with Gasteiger partial charge in [-0.3, -0.25) is 19.4 Å². The number of hydrogen-bond donors (Lipinski definition) is 6. The SMILES string of the molecule is Nc1nc2[nH]c(CCCCc3cccc(C(=O)N[C@@H](CCC(=O)O)C(=O)O)n3)cc2c(=O)[nH]1. The summed E-state index contributed by atoms with van der Waals surface area (Å²) in [5.74, 6) is -3.08. The van der Waals surface area contributed by atoms with Crippen LogP contribution in [0.2, 0.25) is 0 Å². The molecule has 3 heterocycles. The van der Waals surface area contributed by atoms with Crippen LogP contribution >= 0.6 is 0 Å². The van der Waals surface area contributed by atoms with Crippen LogP contribution in [0.5, 0.6) is 0 Å². The number of aryl methyl sites for hydroxylation is 2. The number of carbonyl (C=O) groups excluding carboxylic acids is 1. The predicted molar refractivity (Wildman–Crippen MR) is 118 cm³/mol. The Bertz CT molecular complexity index is 1230. The van der Waals surface area contributed by atoms with Crippen molar-refractivity contribution < 1.29 is 24.6 Å². The fourth-order valence-electron chi connectivity index (χ4n) is 3.35. The minimum atomic E-state index is -1.31. The maximum Gasteiger partial charge on any atom is 0.326 e. The molecule has 7 N–H and O–H groups in total. The zero-order valence-corrected chi connectivity index (χ0v) is 17.6. The second-order valence-electron chi connectivity index (χ2n) is 7.53. The van der Waals surface area contributed by atoms with Crippen LogP contribution in [-0.4, -0.2) is 54.0 Å². The number of nitrogens with two attached hydrogens (primary N) is 1. The molecule has 12 heteroatoms. The van der Waals surface area contributed by atoms with Crippen LogP contribution in [0.4, 0.5) is 5.95 Å². The maximum atomic E-state index is 12.4. The molecule has 0 unspecified atom stereocenters. The van der Waals surface area contributed by atoms with E-state index >= 15 is 0 Å². The smallest absolute Gasteiger partial charge is 0.326 e. The van der Waals surface area contributed by atoms with Crippen molar-refractivity contribution in [1.29, 1.82) is 0 Å². The van der Waals surface area contributed by atoms with Gasteiger partial charge in [0, 0.05) is 17.8 Å². The molecule has 0 aliphatic carbocycles. The quantitative estimate of drug-likeness (QED) is 0.226. The number of rotatable bonds is 11. The number of pyridine rings is 1. The van der Waals surface area contributed by atoms with E-state index in [9.17, 15) is 24.3 Å². The second kappa shape index (κ2) is 10.4. The van der Waals surface area contributed by atoms with Crippen molar-refractivity contribution in [2.45, 2.75) is 44.6 Å². The Labute approximate surface area is 187 Å². The largest absolute Gasteiger partial charge is 0.481 e. The average molecular weight is 456 g/mol. The van der Waals surface area contributed by atoms with Gasteiger partial charge >= 0.3 is 11.9 Å². The molecular formula is C21H24N6O6. The Morgan fingerprint density at radius 3 is 2.58 bits per heavy atom. The Balaban J connectivity index is 1.54. The molecule has 0 saturated heterocycles. The molecule has 1 amide bonds. The number of H-pyrrole nitrogens is 2. The number of carboxylic acids is 2. The van der Waals surface area contributed by atoms with Crippen LogP contribution in [0.1, 0.15) is 47.6 Å². The van der Waals surface area contributed by atoms with Crippen molar-refractivity contribution in [1.82, 2.24) is 25.3 Å². The highest BCUT2D eigenvalue weighted by Gasteiger charge is 2.22. The number of anilines is 1. The van der Waals surface area contributed by atoms with Crippen LogP contribution in [0.3, 0.4) is 0 Å². The Morgan fingerprint density at radius 2 is 1.85 bits per heavy atom. The molecule has 1 atom stereocenters. The van der Waals surface area contributed by atoms with Crippen LogP contribution in [0.15, 0.2) is 29.1 Å². The number of carboxylic acid groups (broad SMARTS) is 2. The van der Waals surface area contributed by atoms with Gasteiger partial charge in [-0.15, -0.1) is 0 Å². The van der Waals surface area contributed by atoms with Crippen molar-refractivity contribution in [2.75, 3.05) is 5.73 Å². The summed E-state index contributed by atoms with van der Waals surface area (Å²) < 4.78 is 0. The maximum absolute atomic E-state index is 12.4. The molecule has 0 spiro atoms. The molecule has 0 aliphatic rings. The van der Waals surface area contributed by atoms with E-state index in [1.54, 1.807) is 18.2 Å².